The van der Waals surface area contributed by atoms with Gasteiger partial charge in [-0.25, -0.2) is 4.79 Å². The number of nitrogens with zero attached hydrogens (tertiary/aromatic N) is 2. The summed E-state index contributed by atoms with van der Waals surface area (Å²) in [5.74, 6) is -0.788. The summed E-state index contributed by atoms with van der Waals surface area (Å²) in [4.78, 5) is 24.4. The molecule has 5 nitrogen and oxygen atoms in total. The lowest BCUT2D eigenvalue weighted by molar-refractivity contribution is -0.155. The van der Waals surface area contributed by atoms with Crippen molar-refractivity contribution in [1.29, 1.82) is 0 Å². The summed E-state index contributed by atoms with van der Waals surface area (Å²) in [5.41, 5.74) is -0.860. The van der Waals surface area contributed by atoms with Gasteiger partial charge in [0.1, 0.15) is 0 Å². The summed E-state index contributed by atoms with van der Waals surface area (Å²) in [6, 6.07) is 7.18. The van der Waals surface area contributed by atoms with Crippen molar-refractivity contribution in [2.24, 2.45) is 10.2 Å². The van der Waals surface area contributed by atoms with Crippen LogP contribution in [0.1, 0.15) is 32.6 Å². The van der Waals surface area contributed by atoms with Crippen LogP contribution in [-0.4, -0.2) is 23.9 Å². The molecule has 0 amide bonds. The summed E-state index contributed by atoms with van der Waals surface area (Å²) < 4.78 is 5.97. The molecule has 1 aromatic carbocycles. The number of carbonyl (C=O) groups excluding carboxylic acids is 2. The van der Waals surface area contributed by atoms with Gasteiger partial charge in [0.15, 0.2) is 5.78 Å². The fourth-order valence-corrected chi connectivity index (χ4v) is 2.54. The maximum atomic E-state index is 12.2. The molecule has 0 spiro atoms. The number of ketones is 1. The summed E-state index contributed by atoms with van der Waals surface area (Å²) in [6.07, 6.45) is 2.26. The molecule has 0 aromatic heterocycles. The first-order valence-corrected chi connectivity index (χ1v) is 7.77. The van der Waals surface area contributed by atoms with E-state index in [-0.39, 0.29) is 12.4 Å². The Balaban J connectivity index is 2.29. The third-order valence-electron chi connectivity index (χ3n) is 3.43. The van der Waals surface area contributed by atoms with Crippen molar-refractivity contribution in [2.75, 3.05) is 6.61 Å². The molecule has 1 aliphatic carbocycles. The topological polar surface area (TPSA) is 68.1 Å². The number of ether oxygens (including phenoxy) is 1. The Morgan fingerprint density at radius 2 is 2.05 bits per heavy atom. The van der Waals surface area contributed by atoms with Gasteiger partial charge in [-0.2, -0.15) is 10.2 Å². The van der Waals surface area contributed by atoms with E-state index in [1.54, 1.807) is 19.1 Å². The average Bonchev–Trinajstić information content (AvgIpc) is 2.48. The van der Waals surface area contributed by atoms with E-state index in [9.17, 15) is 9.59 Å². The molecule has 2 rings (SSSR count). The lowest BCUT2D eigenvalue weighted by Crippen LogP contribution is -2.47. The van der Waals surface area contributed by atoms with Gasteiger partial charge in [-0.15, -0.1) is 0 Å². The number of rotatable bonds is 4. The van der Waals surface area contributed by atoms with Crippen LogP contribution in [0.2, 0.25) is 0 Å². The van der Waals surface area contributed by atoms with Gasteiger partial charge in [0, 0.05) is 10.9 Å². The highest BCUT2D eigenvalue weighted by Gasteiger charge is 2.48. The second-order valence-corrected chi connectivity index (χ2v) is 5.80. The molecule has 21 heavy (non-hydrogen) atoms. The van der Waals surface area contributed by atoms with Crippen molar-refractivity contribution in [1.82, 2.24) is 0 Å². The monoisotopic (exact) mass is 352 g/mol. The fourth-order valence-electron chi connectivity index (χ4n) is 2.28. The number of hydrogen-bond acceptors (Lipinski definition) is 5. The van der Waals surface area contributed by atoms with Crippen LogP contribution in [0.15, 0.2) is 39.0 Å². The van der Waals surface area contributed by atoms with Gasteiger partial charge in [0.2, 0.25) is 5.54 Å². The van der Waals surface area contributed by atoms with Gasteiger partial charge >= 0.3 is 5.97 Å². The molecule has 1 aliphatic rings. The minimum absolute atomic E-state index is 0.201. The predicted octanol–water partition coefficient (Wildman–Crippen LogP) is 3.98. The quantitative estimate of drug-likeness (QED) is 0.467. The lowest BCUT2D eigenvalue weighted by Gasteiger charge is -2.28. The van der Waals surface area contributed by atoms with Crippen LogP contribution in [0.3, 0.4) is 0 Å². The van der Waals surface area contributed by atoms with Crippen LogP contribution in [0.5, 0.6) is 0 Å². The van der Waals surface area contributed by atoms with Gasteiger partial charge in [-0.05, 0) is 50.5 Å². The minimum Gasteiger partial charge on any atom is -0.464 e. The zero-order chi connectivity index (χ0) is 15.3. The zero-order valence-corrected chi connectivity index (χ0v) is 13.4. The van der Waals surface area contributed by atoms with Gasteiger partial charge in [-0.3, -0.25) is 4.79 Å². The van der Waals surface area contributed by atoms with E-state index in [0.717, 1.165) is 17.3 Å². The Bertz CT molecular complexity index is 557. The van der Waals surface area contributed by atoms with Crippen LogP contribution in [0, 0.1) is 0 Å². The Hall–Kier alpha value is -1.56. The van der Waals surface area contributed by atoms with Crippen molar-refractivity contribution in [3.8, 4) is 0 Å². The van der Waals surface area contributed by atoms with E-state index in [2.05, 4.69) is 26.2 Å². The molecule has 1 unspecified atom stereocenters. The number of Topliss-reactive ketones (excluding diaryl/α,β-unsaturated/α-hetero) is 1. The van der Waals surface area contributed by atoms with Gasteiger partial charge in [-0.1, -0.05) is 15.9 Å². The number of benzene rings is 1. The Kier molecular flexibility index (Phi) is 5.22. The first-order chi connectivity index (χ1) is 10.1. The third kappa shape index (κ3) is 3.56. The van der Waals surface area contributed by atoms with Crippen molar-refractivity contribution >= 4 is 33.4 Å². The SMILES string of the molecule is CCOC(=O)C1(N=Nc2ccc(Br)cc2)CCCCC1=O. The first kappa shape index (κ1) is 15.8. The highest BCUT2D eigenvalue weighted by atomic mass is 79.9. The Morgan fingerprint density at radius 3 is 2.67 bits per heavy atom. The molecule has 0 heterocycles. The number of hydrogen-bond donors (Lipinski definition) is 0. The summed E-state index contributed by atoms with van der Waals surface area (Å²) in [5, 5.41) is 8.18. The highest BCUT2D eigenvalue weighted by molar-refractivity contribution is 9.10. The van der Waals surface area contributed by atoms with E-state index >= 15 is 0 Å². The van der Waals surface area contributed by atoms with Crippen LogP contribution in [0.4, 0.5) is 5.69 Å². The van der Waals surface area contributed by atoms with E-state index in [1.165, 1.54) is 0 Å². The molecule has 112 valence electrons. The van der Waals surface area contributed by atoms with Gasteiger partial charge < -0.3 is 4.74 Å². The van der Waals surface area contributed by atoms with E-state index in [4.69, 9.17) is 4.74 Å². The predicted molar refractivity (Wildman–Crippen MR) is 81.5 cm³/mol. The van der Waals surface area contributed by atoms with Gasteiger partial charge in [0.25, 0.3) is 0 Å². The van der Waals surface area contributed by atoms with Crippen molar-refractivity contribution < 1.29 is 14.3 Å². The normalized spacial score (nSPS) is 22.5. The summed E-state index contributed by atoms with van der Waals surface area (Å²) in [7, 11) is 0. The van der Waals surface area contributed by atoms with Crippen molar-refractivity contribution in [2.45, 2.75) is 38.1 Å². The first-order valence-electron chi connectivity index (χ1n) is 6.97. The highest BCUT2D eigenvalue weighted by Crippen LogP contribution is 2.32. The van der Waals surface area contributed by atoms with Crippen LogP contribution >= 0.6 is 15.9 Å². The van der Waals surface area contributed by atoms with Crippen molar-refractivity contribution in [3.63, 3.8) is 0 Å². The molecule has 0 bridgehead atoms. The Morgan fingerprint density at radius 1 is 1.33 bits per heavy atom. The zero-order valence-electron chi connectivity index (χ0n) is 11.8. The van der Waals surface area contributed by atoms with E-state index in [1.807, 2.05) is 12.1 Å². The fraction of sp³-hybridized carbons (Fsp3) is 0.467. The van der Waals surface area contributed by atoms with Crippen LogP contribution < -0.4 is 0 Å². The van der Waals surface area contributed by atoms with E-state index in [0.29, 0.717) is 18.5 Å². The lowest BCUT2D eigenvalue weighted by atomic mass is 9.81. The van der Waals surface area contributed by atoms with Crippen molar-refractivity contribution in [3.05, 3.63) is 28.7 Å². The van der Waals surface area contributed by atoms with Crippen LogP contribution in [0.25, 0.3) is 0 Å². The molecule has 6 heteroatoms. The summed E-state index contributed by atoms with van der Waals surface area (Å²) in [6.45, 7) is 1.94. The maximum Gasteiger partial charge on any atom is 0.343 e. The smallest absolute Gasteiger partial charge is 0.343 e. The standard InChI is InChI=1S/C15H17BrN2O3/c1-2-21-14(20)15(10-4-3-5-13(15)19)18-17-12-8-6-11(16)7-9-12/h6-9H,2-5,10H2,1H3. The second kappa shape index (κ2) is 6.93. The molecule has 1 aromatic rings. The van der Waals surface area contributed by atoms with E-state index < -0.39 is 11.5 Å². The number of azo groups is 1. The largest absolute Gasteiger partial charge is 0.464 e. The molecule has 0 aliphatic heterocycles. The number of halogens is 1. The molecule has 1 atom stereocenters. The molecular weight excluding hydrogens is 336 g/mol. The summed E-state index contributed by atoms with van der Waals surface area (Å²) >= 11 is 3.34. The number of esters is 1. The second-order valence-electron chi connectivity index (χ2n) is 4.89. The third-order valence-corrected chi connectivity index (χ3v) is 3.96. The molecule has 1 fully saturated rings. The molecule has 0 radical (unpaired) electrons. The average molecular weight is 353 g/mol. The number of carbonyl (C=O) groups is 2. The minimum atomic E-state index is -1.46. The molecule has 1 saturated carbocycles. The molecule has 0 N–H and O–H groups in total. The molecular formula is C15H17BrN2O3. The van der Waals surface area contributed by atoms with Crippen LogP contribution in [-0.2, 0) is 14.3 Å². The molecule has 0 saturated heterocycles. The van der Waals surface area contributed by atoms with Gasteiger partial charge in [0.05, 0.1) is 12.3 Å². The Labute approximate surface area is 131 Å². The maximum absolute atomic E-state index is 12.2.